The molecule has 82 valence electrons. The number of hydrogen-bond acceptors (Lipinski definition) is 3. The number of aromatic nitrogens is 1. The van der Waals surface area contributed by atoms with Gasteiger partial charge in [0, 0.05) is 5.56 Å². The Labute approximate surface area is 99.0 Å². The smallest absolute Gasteiger partial charge is 0.311 e. The molecule has 0 saturated heterocycles. The van der Waals surface area contributed by atoms with E-state index in [1.807, 2.05) is 22.6 Å². The summed E-state index contributed by atoms with van der Waals surface area (Å²) >= 11 is 1.83. The zero-order valence-electron chi connectivity index (χ0n) is 7.84. The van der Waals surface area contributed by atoms with E-state index in [0.717, 1.165) is 0 Å². The van der Waals surface area contributed by atoms with E-state index >= 15 is 0 Å². The van der Waals surface area contributed by atoms with Gasteiger partial charge in [0.1, 0.15) is 3.70 Å². The Balaban J connectivity index is 2.93. The van der Waals surface area contributed by atoms with Crippen LogP contribution in [-0.4, -0.2) is 18.1 Å². The molecule has 0 aromatic carbocycles. The summed E-state index contributed by atoms with van der Waals surface area (Å²) in [6, 6.07) is 2.50. The average Bonchev–Trinajstić information content (AvgIpc) is 2.16. The van der Waals surface area contributed by atoms with Gasteiger partial charge in [0.25, 0.3) is 6.43 Å². The SMILES string of the molecule is COC(=O)Cc1cc(C(F)F)cc(I)n1. The summed E-state index contributed by atoms with van der Waals surface area (Å²) in [5.41, 5.74) is 0.164. The Bertz CT molecular complexity index is 371. The van der Waals surface area contributed by atoms with Crippen LogP contribution < -0.4 is 0 Å². The molecule has 0 N–H and O–H groups in total. The molecule has 0 radical (unpaired) electrons. The molecule has 0 amide bonds. The third-order valence-corrected chi connectivity index (χ3v) is 2.23. The van der Waals surface area contributed by atoms with Crippen LogP contribution in [0, 0.1) is 3.70 Å². The lowest BCUT2D eigenvalue weighted by Crippen LogP contribution is -2.07. The molecular formula is C9H8F2INO2. The van der Waals surface area contributed by atoms with Crippen LogP contribution in [0.4, 0.5) is 8.78 Å². The minimum absolute atomic E-state index is 0.0902. The molecule has 0 spiro atoms. The number of halogens is 3. The molecule has 0 unspecified atom stereocenters. The van der Waals surface area contributed by atoms with Crippen LogP contribution >= 0.6 is 22.6 Å². The number of rotatable bonds is 3. The van der Waals surface area contributed by atoms with E-state index in [-0.39, 0.29) is 12.0 Å². The predicted octanol–water partition coefficient (Wildman–Crippen LogP) is 2.34. The first kappa shape index (κ1) is 12.3. The first-order valence-corrected chi connectivity index (χ1v) is 5.12. The quantitative estimate of drug-likeness (QED) is 0.486. The highest BCUT2D eigenvalue weighted by Crippen LogP contribution is 2.21. The summed E-state index contributed by atoms with van der Waals surface area (Å²) < 4.78 is 29.7. The highest BCUT2D eigenvalue weighted by atomic mass is 127. The van der Waals surface area contributed by atoms with Crippen LogP contribution in [-0.2, 0) is 16.0 Å². The van der Waals surface area contributed by atoms with E-state index in [1.54, 1.807) is 0 Å². The molecule has 1 aromatic rings. The fourth-order valence-corrected chi connectivity index (χ4v) is 1.68. The summed E-state index contributed by atoms with van der Waals surface area (Å²) in [5, 5.41) is 0. The first-order valence-electron chi connectivity index (χ1n) is 4.04. The molecule has 0 saturated carbocycles. The van der Waals surface area contributed by atoms with Gasteiger partial charge in [-0.1, -0.05) is 0 Å². The molecule has 0 atom stereocenters. The number of alkyl halides is 2. The van der Waals surface area contributed by atoms with Gasteiger partial charge < -0.3 is 4.74 Å². The maximum Gasteiger partial charge on any atom is 0.311 e. The van der Waals surface area contributed by atoms with Crippen molar-refractivity contribution in [3.8, 4) is 0 Å². The lowest BCUT2D eigenvalue weighted by Gasteiger charge is -2.04. The number of pyridine rings is 1. The molecule has 6 heteroatoms. The topological polar surface area (TPSA) is 39.2 Å². The second-order valence-electron chi connectivity index (χ2n) is 2.77. The van der Waals surface area contributed by atoms with Gasteiger partial charge in [0.2, 0.25) is 0 Å². The van der Waals surface area contributed by atoms with Crippen molar-refractivity contribution in [1.82, 2.24) is 4.98 Å². The minimum atomic E-state index is -2.56. The Hall–Kier alpha value is -0.790. The average molecular weight is 327 g/mol. The second-order valence-corrected chi connectivity index (χ2v) is 3.87. The number of hydrogen-bond donors (Lipinski definition) is 0. The Morgan fingerprint density at radius 2 is 2.27 bits per heavy atom. The van der Waals surface area contributed by atoms with Crippen LogP contribution in [0.15, 0.2) is 12.1 Å². The lowest BCUT2D eigenvalue weighted by molar-refractivity contribution is -0.139. The summed E-state index contributed by atoms with van der Waals surface area (Å²) in [5.74, 6) is -0.496. The van der Waals surface area contributed by atoms with Crippen molar-refractivity contribution in [1.29, 1.82) is 0 Å². The monoisotopic (exact) mass is 327 g/mol. The van der Waals surface area contributed by atoms with E-state index < -0.39 is 12.4 Å². The first-order chi connectivity index (χ1) is 7.02. The molecular weight excluding hydrogens is 319 g/mol. The highest BCUT2D eigenvalue weighted by Gasteiger charge is 2.12. The second kappa shape index (κ2) is 5.34. The van der Waals surface area contributed by atoms with Crippen molar-refractivity contribution in [2.24, 2.45) is 0 Å². The molecule has 1 rings (SSSR count). The Kier molecular flexibility index (Phi) is 4.37. The van der Waals surface area contributed by atoms with Crippen molar-refractivity contribution in [2.45, 2.75) is 12.8 Å². The third-order valence-electron chi connectivity index (χ3n) is 1.67. The van der Waals surface area contributed by atoms with Crippen LogP contribution in [0.2, 0.25) is 0 Å². The molecule has 0 aliphatic heterocycles. The van der Waals surface area contributed by atoms with Gasteiger partial charge in [-0.15, -0.1) is 0 Å². The van der Waals surface area contributed by atoms with Crippen molar-refractivity contribution in [3.63, 3.8) is 0 Å². The molecule has 1 heterocycles. The van der Waals surface area contributed by atoms with Crippen molar-refractivity contribution >= 4 is 28.6 Å². The highest BCUT2D eigenvalue weighted by molar-refractivity contribution is 14.1. The van der Waals surface area contributed by atoms with Gasteiger partial charge >= 0.3 is 5.97 Å². The summed E-state index contributed by atoms with van der Waals surface area (Å²) in [7, 11) is 1.24. The van der Waals surface area contributed by atoms with Gasteiger partial charge in [-0.3, -0.25) is 4.79 Å². The number of esters is 1. The Morgan fingerprint density at radius 1 is 1.60 bits per heavy atom. The molecule has 0 fully saturated rings. The van der Waals surface area contributed by atoms with Gasteiger partial charge in [0.15, 0.2) is 0 Å². The Morgan fingerprint density at radius 3 is 2.80 bits per heavy atom. The molecule has 1 aromatic heterocycles. The molecule has 0 bridgehead atoms. The molecule has 3 nitrogen and oxygen atoms in total. The third kappa shape index (κ3) is 3.69. The van der Waals surface area contributed by atoms with Crippen molar-refractivity contribution < 1.29 is 18.3 Å². The number of carbonyl (C=O) groups excluding carboxylic acids is 1. The van der Waals surface area contributed by atoms with E-state index in [1.165, 1.54) is 19.2 Å². The number of nitrogens with zero attached hydrogens (tertiary/aromatic N) is 1. The number of methoxy groups -OCH3 is 1. The summed E-state index contributed by atoms with van der Waals surface area (Å²) in [6.45, 7) is 0. The van der Waals surface area contributed by atoms with Crippen LogP contribution in [0.3, 0.4) is 0 Å². The standard InChI is InChI=1S/C9H8F2INO2/c1-15-8(14)4-6-2-5(9(10)11)3-7(12)13-6/h2-3,9H,4H2,1H3. The van der Waals surface area contributed by atoms with Gasteiger partial charge in [-0.2, -0.15) is 0 Å². The normalized spacial score (nSPS) is 10.5. The maximum absolute atomic E-state index is 12.4. The van der Waals surface area contributed by atoms with E-state index in [2.05, 4.69) is 9.72 Å². The van der Waals surface area contributed by atoms with Gasteiger partial charge in [0.05, 0.1) is 19.2 Å². The molecule has 15 heavy (non-hydrogen) atoms. The molecule has 0 aliphatic rings. The fourth-order valence-electron chi connectivity index (χ4n) is 1.01. The van der Waals surface area contributed by atoms with Gasteiger partial charge in [-0.25, -0.2) is 13.8 Å². The number of carbonyl (C=O) groups is 1. The maximum atomic E-state index is 12.4. The summed E-state index contributed by atoms with van der Waals surface area (Å²) in [6.07, 6.45) is -2.65. The van der Waals surface area contributed by atoms with Gasteiger partial charge in [-0.05, 0) is 34.7 Å². The zero-order valence-corrected chi connectivity index (χ0v) is 9.99. The molecule has 0 aliphatic carbocycles. The van der Waals surface area contributed by atoms with Crippen LogP contribution in [0.1, 0.15) is 17.7 Å². The zero-order chi connectivity index (χ0) is 11.4. The largest absolute Gasteiger partial charge is 0.469 e. The van der Waals surface area contributed by atoms with E-state index in [9.17, 15) is 13.6 Å². The van der Waals surface area contributed by atoms with Crippen molar-refractivity contribution in [3.05, 3.63) is 27.1 Å². The minimum Gasteiger partial charge on any atom is -0.469 e. The summed E-state index contributed by atoms with van der Waals surface area (Å²) in [4.78, 5) is 14.9. The van der Waals surface area contributed by atoms with Crippen molar-refractivity contribution in [2.75, 3.05) is 7.11 Å². The van der Waals surface area contributed by atoms with E-state index in [4.69, 9.17) is 0 Å². The van der Waals surface area contributed by atoms with E-state index in [0.29, 0.717) is 9.39 Å². The van der Waals surface area contributed by atoms with Crippen LogP contribution in [0.25, 0.3) is 0 Å². The fraction of sp³-hybridized carbons (Fsp3) is 0.333. The lowest BCUT2D eigenvalue weighted by atomic mass is 10.2. The predicted molar refractivity (Wildman–Crippen MR) is 57.6 cm³/mol. The van der Waals surface area contributed by atoms with Crippen LogP contribution in [0.5, 0.6) is 0 Å². The number of ether oxygens (including phenoxy) is 1.